The number of aromatic hydroxyl groups is 1. The third kappa shape index (κ3) is 3.03. The summed E-state index contributed by atoms with van der Waals surface area (Å²) in [4.78, 5) is 0. The second-order valence-electron chi connectivity index (χ2n) is 3.84. The standard InChI is InChI=1S/C14H13BrO3/c15-13-6-2-4-11(8-16)14(13)18-9-10-3-1-5-12(17)7-10/h1-7,16-17H,8-9H2. The van der Waals surface area contributed by atoms with Gasteiger partial charge < -0.3 is 14.9 Å². The zero-order valence-corrected chi connectivity index (χ0v) is 11.2. The molecule has 2 aromatic carbocycles. The molecule has 2 N–H and O–H groups in total. The smallest absolute Gasteiger partial charge is 0.139 e. The molecule has 2 aromatic rings. The van der Waals surface area contributed by atoms with Crippen LogP contribution < -0.4 is 4.74 Å². The van der Waals surface area contributed by atoms with Gasteiger partial charge in [0.2, 0.25) is 0 Å². The summed E-state index contributed by atoms with van der Waals surface area (Å²) >= 11 is 3.39. The van der Waals surface area contributed by atoms with E-state index in [4.69, 9.17) is 4.74 Å². The molecule has 3 nitrogen and oxygen atoms in total. The van der Waals surface area contributed by atoms with Crippen molar-refractivity contribution in [3.05, 3.63) is 58.1 Å². The highest BCUT2D eigenvalue weighted by Crippen LogP contribution is 2.30. The topological polar surface area (TPSA) is 49.7 Å². The van der Waals surface area contributed by atoms with Gasteiger partial charge in [0.1, 0.15) is 18.1 Å². The molecular weight excluding hydrogens is 296 g/mol. The van der Waals surface area contributed by atoms with Gasteiger partial charge in [-0.25, -0.2) is 0 Å². The molecule has 0 unspecified atom stereocenters. The molecular formula is C14H13BrO3. The number of rotatable bonds is 4. The molecule has 94 valence electrons. The number of phenols is 1. The van der Waals surface area contributed by atoms with Crippen LogP contribution in [0.25, 0.3) is 0 Å². The van der Waals surface area contributed by atoms with Gasteiger partial charge in [0, 0.05) is 5.56 Å². The molecule has 0 radical (unpaired) electrons. The Morgan fingerprint density at radius 3 is 2.61 bits per heavy atom. The van der Waals surface area contributed by atoms with Crippen LogP contribution in [0.2, 0.25) is 0 Å². The minimum absolute atomic E-state index is 0.0746. The van der Waals surface area contributed by atoms with Crippen LogP contribution in [0.4, 0.5) is 0 Å². The van der Waals surface area contributed by atoms with Crippen molar-refractivity contribution in [1.29, 1.82) is 0 Å². The van der Waals surface area contributed by atoms with Crippen molar-refractivity contribution in [2.45, 2.75) is 13.2 Å². The van der Waals surface area contributed by atoms with Gasteiger partial charge in [-0.3, -0.25) is 0 Å². The number of hydrogen-bond acceptors (Lipinski definition) is 3. The Labute approximate surface area is 114 Å². The van der Waals surface area contributed by atoms with Gasteiger partial charge in [-0.15, -0.1) is 0 Å². The van der Waals surface area contributed by atoms with Crippen molar-refractivity contribution in [3.63, 3.8) is 0 Å². The molecule has 0 spiro atoms. The fourth-order valence-corrected chi connectivity index (χ4v) is 2.16. The van der Waals surface area contributed by atoms with E-state index in [1.54, 1.807) is 18.2 Å². The van der Waals surface area contributed by atoms with E-state index in [1.807, 2.05) is 24.3 Å². The molecule has 0 aromatic heterocycles. The van der Waals surface area contributed by atoms with Crippen LogP contribution in [-0.4, -0.2) is 10.2 Å². The van der Waals surface area contributed by atoms with Crippen LogP contribution in [0.3, 0.4) is 0 Å². The van der Waals surface area contributed by atoms with Gasteiger partial charge in [-0.05, 0) is 39.7 Å². The fourth-order valence-electron chi connectivity index (χ4n) is 1.64. The van der Waals surface area contributed by atoms with Crippen molar-refractivity contribution in [1.82, 2.24) is 0 Å². The number of halogens is 1. The van der Waals surface area contributed by atoms with Crippen LogP contribution in [0.15, 0.2) is 46.9 Å². The number of aliphatic hydroxyl groups excluding tert-OH is 1. The first-order valence-electron chi connectivity index (χ1n) is 5.49. The predicted molar refractivity (Wildman–Crippen MR) is 72.5 cm³/mol. The third-order valence-electron chi connectivity index (χ3n) is 2.51. The summed E-state index contributed by atoms with van der Waals surface area (Å²) in [6.07, 6.45) is 0. The van der Waals surface area contributed by atoms with Crippen LogP contribution in [0, 0.1) is 0 Å². The Morgan fingerprint density at radius 2 is 1.89 bits per heavy atom. The lowest BCUT2D eigenvalue weighted by atomic mass is 10.2. The van der Waals surface area contributed by atoms with E-state index in [9.17, 15) is 10.2 Å². The maximum atomic E-state index is 9.36. The van der Waals surface area contributed by atoms with Gasteiger partial charge in [0.05, 0.1) is 11.1 Å². The number of ether oxygens (including phenoxy) is 1. The number of benzene rings is 2. The number of phenolic OH excluding ortho intramolecular Hbond substituents is 1. The molecule has 0 saturated heterocycles. The van der Waals surface area contributed by atoms with E-state index in [-0.39, 0.29) is 12.4 Å². The summed E-state index contributed by atoms with van der Waals surface area (Å²) in [5.41, 5.74) is 1.60. The van der Waals surface area contributed by atoms with Crippen molar-refractivity contribution >= 4 is 15.9 Å². The van der Waals surface area contributed by atoms with Crippen LogP contribution >= 0.6 is 15.9 Å². The Balaban J connectivity index is 2.15. The van der Waals surface area contributed by atoms with E-state index in [0.29, 0.717) is 12.4 Å². The Morgan fingerprint density at radius 1 is 1.11 bits per heavy atom. The molecule has 0 aliphatic carbocycles. The SMILES string of the molecule is OCc1cccc(Br)c1OCc1cccc(O)c1. The van der Waals surface area contributed by atoms with E-state index < -0.39 is 0 Å². The highest BCUT2D eigenvalue weighted by molar-refractivity contribution is 9.10. The normalized spacial score (nSPS) is 10.3. The number of hydrogen-bond donors (Lipinski definition) is 2. The van der Waals surface area contributed by atoms with Gasteiger partial charge >= 0.3 is 0 Å². The zero-order valence-electron chi connectivity index (χ0n) is 9.64. The van der Waals surface area contributed by atoms with Crippen molar-refractivity contribution in [3.8, 4) is 11.5 Å². The molecule has 0 aliphatic heterocycles. The molecule has 0 bridgehead atoms. The maximum Gasteiger partial charge on any atom is 0.139 e. The third-order valence-corrected chi connectivity index (χ3v) is 3.14. The Bertz CT molecular complexity index is 540. The minimum atomic E-state index is -0.0746. The van der Waals surface area contributed by atoms with Gasteiger partial charge in [-0.1, -0.05) is 24.3 Å². The van der Waals surface area contributed by atoms with E-state index >= 15 is 0 Å². The van der Waals surface area contributed by atoms with Gasteiger partial charge in [0.15, 0.2) is 0 Å². The molecule has 2 rings (SSSR count). The zero-order chi connectivity index (χ0) is 13.0. The molecule has 0 fully saturated rings. The van der Waals surface area contributed by atoms with Crippen molar-refractivity contribution in [2.75, 3.05) is 0 Å². The molecule has 0 aliphatic rings. The molecule has 0 amide bonds. The summed E-state index contributed by atoms with van der Waals surface area (Å²) in [6, 6.07) is 12.4. The summed E-state index contributed by atoms with van der Waals surface area (Å²) < 4.78 is 6.48. The summed E-state index contributed by atoms with van der Waals surface area (Å²) in [5.74, 6) is 0.842. The predicted octanol–water partition coefficient (Wildman–Crippen LogP) is 3.23. The second kappa shape index (κ2) is 5.89. The van der Waals surface area contributed by atoms with Gasteiger partial charge in [-0.2, -0.15) is 0 Å². The highest BCUT2D eigenvalue weighted by Gasteiger charge is 2.07. The molecule has 0 heterocycles. The molecule has 0 atom stereocenters. The average Bonchev–Trinajstić information content (AvgIpc) is 2.37. The second-order valence-corrected chi connectivity index (χ2v) is 4.70. The molecule has 4 heteroatoms. The summed E-state index contributed by atoms with van der Waals surface area (Å²) in [5, 5.41) is 18.6. The number of para-hydroxylation sites is 1. The lowest BCUT2D eigenvalue weighted by molar-refractivity contribution is 0.258. The number of aliphatic hydroxyl groups is 1. The van der Waals surface area contributed by atoms with E-state index in [1.165, 1.54) is 0 Å². The Kier molecular flexibility index (Phi) is 4.23. The fraction of sp³-hybridized carbons (Fsp3) is 0.143. The first-order chi connectivity index (χ1) is 8.70. The largest absolute Gasteiger partial charge is 0.508 e. The van der Waals surface area contributed by atoms with Crippen LogP contribution in [-0.2, 0) is 13.2 Å². The van der Waals surface area contributed by atoms with E-state index in [2.05, 4.69) is 15.9 Å². The van der Waals surface area contributed by atoms with Crippen molar-refractivity contribution < 1.29 is 14.9 Å². The van der Waals surface area contributed by atoms with Gasteiger partial charge in [0.25, 0.3) is 0 Å². The van der Waals surface area contributed by atoms with Crippen molar-refractivity contribution in [2.24, 2.45) is 0 Å². The van der Waals surface area contributed by atoms with Crippen LogP contribution in [0.1, 0.15) is 11.1 Å². The first-order valence-corrected chi connectivity index (χ1v) is 6.29. The highest BCUT2D eigenvalue weighted by atomic mass is 79.9. The molecule has 0 saturated carbocycles. The first kappa shape index (κ1) is 12.9. The summed E-state index contributed by atoms with van der Waals surface area (Å²) in [7, 11) is 0. The quantitative estimate of drug-likeness (QED) is 0.911. The van der Waals surface area contributed by atoms with Crippen LogP contribution in [0.5, 0.6) is 11.5 Å². The Hall–Kier alpha value is -1.52. The summed E-state index contributed by atoms with van der Waals surface area (Å²) in [6.45, 7) is 0.263. The lowest BCUT2D eigenvalue weighted by Crippen LogP contribution is -1.99. The van der Waals surface area contributed by atoms with E-state index in [0.717, 1.165) is 15.6 Å². The lowest BCUT2D eigenvalue weighted by Gasteiger charge is -2.12. The monoisotopic (exact) mass is 308 g/mol. The maximum absolute atomic E-state index is 9.36. The minimum Gasteiger partial charge on any atom is -0.508 e. The molecule has 18 heavy (non-hydrogen) atoms. The average molecular weight is 309 g/mol.